The van der Waals surface area contributed by atoms with E-state index in [1.54, 1.807) is 7.11 Å². The monoisotopic (exact) mass is 355 g/mol. The molecule has 0 spiro atoms. The molecular weight excluding hydrogens is 326 g/mol. The molecule has 26 heavy (non-hydrogen) atoms. The van der Waals surface area contributed by atoms with Gasteiger partial charge in [-0.3, -0.25) is 0 Å². The van der Waals surface area contributed by atoms with Gasteiger partial charge in [-0.15, -0.1) is 0 Å². The molecule has 0 radical (unpaired) electrons. The number of aliphatic imine (C=N–C) groups is 1. The van der Waals surface area contributed by atoms with Crippen LogP contribution in [0.2, 0.25) is 0 Å². The largest absolute Gasteiger partial charge is 0.493 e. The van der Waals surface area contributed by atoms with Crippen molar-refractivity contribution < 1.29 is 9.47 Å². The van der Waals surface area contributed by atoms with Crippen LogP contribution in [0.15, 0.2) is 47.5 Å². The molecule has 0 aliphatic heterocycles. The molecule has 0 atom stereocenters. The van der Waals surface area contributed by atoms with Crippen LogP contribution < -0.4 is 20.1 Å². The third kappa shape index (κ3) is 5.69. The Hall–Kier alpha value is -2.69. The quantitative estimate of drug-likeness (QED) is 0.560. The van der Waals surface area contributed by atoms with Gasteiger partial charge in [-0.05, 0) is 49.6 Å². The highest BCUT2D eigenvalue weighted by atomic mass is 16.5. The molecule has 0 amide bonds. The summed E-state index contributed by atoms with van der Waals surface area (Å²) >= 11 is 0. The summed E-state index contributed by atoms with van der Waals surface area (Å²) in [4.78, 5) is 4.68. The molecule has 0 heterocycles. The first-order valence-corrected chi connectivity index (χ1v) is 9.04. The van der Waals surface area contributed by atoms with Crippen molar-refractivity contribution in [2.45, 2.75) is 33.9 Å². The summed E-state index contributed by atoms with van der Waals surface area (Å²) < 4.78 is 11.0. The Balaban J connectivity index is 2.06. The molecule has 0 unspecified atom stereocenters. The predicted octanol–water partition coefficient (Wildman–Crippen LogP) is 3.66. The van der Waals surface area contributed by atoms with E-state index in [4.69, 9.17) is 9.47 Å². The van der Waals surface area contributed by atoms with E-state index < -0.39 is 0 Å². The Bertz CT molecular complexity index is 729. The number of nitrogens with zero attached hydrogens (tertiary/aromatic N) is 1. The molecule has 0 saturated carbocycles. The molecule has 0 aliphatic carbocycles. The molecule has 0 fully saturated rings. The summed E-state index contributed by atoms with van der Waals surface area (Å²) in [6.07, 6.45) is 0. The average molecular weight is 355 g/mol. The number of rotatable bonds is 8. The zero-order valence-electron chi connectivity index (χ0n) is 16.1. The van der Waals surface area contributed by atoms with E-state index >= 15 is 0 Å². The van der Waals surface area contributed by atoms with Crippen molar-refractivity contribution in [2.75, 3.05) is 20.3 Å². The first kappa shape index (κ1) is 19.6. The third-order valence-corrected chi connectivity index (χ3v) is 4.00. The number of methoxy groups -OCH3 is 1. The minimum Gasteiger partial charge on any atom is -0.493 e. The lowest BCUT2D eigenvalue weighted by Gasteiger charge is -2.13. The first-order chi connectivity index (χ1) is 12.7. The second-order valence-corrected chi connectivity index (χ2v) is 5.89. The molecule has 0 aromatic heterocycles. The highest BCUT2D eigenvalue weighted by Crippen LogP contribution is 2.28. The van der Waals surface area contributed by atoms with Gasteiger partial charge in [-0.25, -0.2) is 4.99 Å². The number of hydrogen-bond acceptors (Lipinski definition) is 3. The molecule has 2 rings (SSSR count). The Morgan fingerprint density at radius 3 is 2.54 bits per heavy atom. The van der Waals surface area contributed by atoms with Gasteiger partial charge >= 0.3 is 0 Å². The Labute approximate surface area is 156 Å². The van der Waals surface area contributed by atoms with Gasteiger partial charge in [-0.2, -0.15) is 0 Å². The summed E-state index contributed by atoms with van der Waals surface area (Å²) in [5.74, 6) is 2.29. The number of guanidine groups is 1. The van der Waals surface area contributed by atoms with E-state index in [-0.39, 0.29) is 0 Å². The van der Waals surface area contributed by atoms with Crippen molar-refractivity contribution in [3.63, 3.8) is 0 Å². The molecule has 0 bridgehead atoms. The van der Waals surface area contributed by atoms with Crippen molar-refractivity contribution in [1.29, 1.82) is 0 Å². The number of ether oxygens (including phenoxy) is 2. The van der Waals surface area contributed by atoms with Crippen LogP contribution in [-0.4, -0.2) is 26.2 Å². The number of nitrogens with one attached hydrogen (secondary N) is 2. The van der Waals surface area contributed by atoms with Gasteiger partial charge in [0, 0.05) is 13.1 Å². The second kappa shape index (κ2) is 10.3. The van der Waals surface area contributed by atoms with Crippen LogP contribution in [0.25, 0.3) is 0 Å². The fourth-order valence-corrected chi connectivity index (χ4v) is 2.59. The highest BCUT2D eigenvalue weighted by molar-refractivity contribution is 5.79. The fourth-order valence-electron chi connectivity index (χ4n) is 2.59. The van der Waals surface area contributed by atoms with Gasteiger partial charge in [-0.1, -0.05) is 30.3 Å². The summed E-state index contributed by atoms with van der Waals surface area (Å²) in [5, 5.41) is 6.68. The van der Waals surface area contributed by atoms with Crippen LogP contribution in [-0.2, 0) is 13.1 Å². The number of hydrogen-bond donors (Lipinski definition) is 2. The SMILES string of the molecule is CCNC(=NCc1ccc(OC)c(OCC)c1)NCc1ccccc1C. The molecule has 2 aromatic carbocycles. The van der Waals surface area contributed by atoms with E-state index in [0.717, 1.165) is 36.1 Å². The molecule has 2 N–H and O–H groups in total. The van der Waals surface area contributed by atoms with Crippen molar-refractivity contribution >= 4 is 5.96 Å². The molecule has 2 aromatic rings. The second-order valence-electron chi connectivity index (χ2n) is 5.89. The van der Waals surface area contributed by atoms with Crippen LogP contribution in [0.1, 0.15) is 30.5 Å². The van der Waals surface area contributed by atoms with Crippen molar-refractivity contribution in [3.8, 4) is 11.5 Å². The van der Waals surface area contributed by atoms with E-state index in [1.807, 2.05) is 25.1 Å². The third-order valence-electron chi connectivity index (χ3n) is 4.00. The van der Waals surface area contributed by atoms with Crippen LogP contribution in [0.5, 0.6) is 11.5 Å². The normalized spacial score (nSPS) is 11.2. The maximum absolute atomic E-state index is 5.64. The van der Waals surface area contributed by atoms with Crippen molar-refractivity contribution in [1.82, 2.24) is 10.6 Å². The van der Waals surface area contributed by atoms with Crippen molar-refractivity contribution in [2.24, 2.45) is 4.99 Å². The standard InChI is InChI=1S/C21H29N3O2/c1-5-22-21(24-15-18-10-8-7-9-16(18)3)23-14-17-11-12-19(25-4)20(13-17)26-6-2/h7-13H,5-6,14-15H2,1-4H3,(H2,22,23,24). The van der Waals surface area contributed by atoms with Crippen LogP contribution >= 0.6 is 0 Å². The van der Waals surface area contributed by atoms with Gasteiger partial charge in [0.2, 0.25) is 0 Å². The molecular formula is C21H29N3O2. The topological polar surface area (TPSA) is 54.9 Å². The molecule has 140 valence electrons. The fraction of sp³-hybridized carbons (Fsp3) is 0.381. The molecule has 5 nitrogen and oxygen atoms in total. The minimum atomic E-state index is 0.563. The Morgan fingerprint density at radius 2 is 1.85 bits per heavy atom. The first-order valence-electron chi connectivity index (χ1n) is 9.04. The minimum absolute atomic E-state index is 0.563. The number of aryl methyl sites for hydroxylation is 1. The predicted molar refractivity (Wildman–Crippen MR) is 107 cm³/mol. The van der Waals surface area contributed by atoms with Gasteiger partial charge < -0.3 is 20.1 Å². The van der Waals surface area contributed by atoms with E-state index in [9.17, 15) is 0 Å². The van der Waals surface area contributed by atoms with E-state index in [1.165, 1.54) is 11.1 Å². The summed E-state index contributed by atoms with van der Waals surface area (Å²) in [5.41, 5.74) is 3.61. The summed E-state index contributed by atoms with van der Waals surface area (Å²) in [6.45, 7) is 8.86. The van der Waals surface area contributed by atoms with E-state index in [0.29, 0.717) is 13.2 Å². The summed E-state index contributed by atoms with van der Waals surface area (Å²) in [7, 11) is 1.65. The smallest absolute Gasteiger partial charge is 0.191 e. The highest BCUT2D eigenvalue weighted by Gasteiger charge is 2.06. The van der Waals surface area contributed by atoms with E-state index in [2.05, 4.69) is 53.7 Å². The van der Waals surface area contributed by atoms with Crippen LogP contribution in [0.3, 0.4) is 0 Å². The maximum atomic E-state index is 5.64. The van der Waals surface area contributed by atoms with Gasteiger partial charge in [0.15, 0.2) is 17.5 Å². The van der Waals surface area contributed by atoms with Gasteiger partial charge in [0.05, 0.1) is 20.3 Å². The lowest BCUT2D eigenvalue weighted by molar-refractivity contribution is 0.310. The van der Waals surface area contributed by atoms with Crippen molar-refractivity contribution in [3.05, 3.63) is 59.2 Å². The van der Waals surface area contributed by atoms with Gasteiger partial charge in [0.25, 0.3) is 0 Å². The zero-order valence-corrected chi connectivity index (χ0v) is 16.1. The molecule has 0 aliphatic rings. The average Bonchev–Trinajstić information content (AvgIpc) is 2.65. The zero-order chi connectivity index (χ0) is 18.8. The Morgan fingerprint density at radius 1 is 1.04 bits per heavy atom. The van der Waals surface area contributed by atoms with Crippen LogP contribution in [0, 0.1) is 6.92 Å². The summed E-state index contributed by atoms with van der Waals surface area (Å²) in [6, 6.07) is 14.3. The van der Waals surface area contributed by atoms with Gasteiger partial charge in [0.1, 0.15) is 0 Å². The van der Waals surface area contributed by atoms with Crippen LogP contribution in [0.4, 0.5) is 0 Å². The molecule has 0 saturated heterocycles. The lowest BCUT2D eigenvalue weighted by atomic mass is 10.1. The Kier molecular flexibility index (Phi) is 7.80. The number of benzene rings is 2. The molecule has 5 heteroatoms. The maximum Gasteiger partial charge on any atom is 0.191 e. The lowest BCUT2D eigenvalue weighted by Crippen LogP contribution is -2.36.